The molecule has 1 heterocycles. The monoisotopic (exact) mass is 468 g/mol. The molecule has 5 rings (SSSR count). The van der Waals surface area contributed by atoms with E-state index in [-0.39, 0.29) is 18.0 Å². The lowest BCUT2D eigenvalue weighted by atomic mass is 9.81. The highest BCUT2D eigenvalue weighted by Gasteiger charge is 2.32. The van der Waals surface area contributed by atoms with Gasteiger partial charge in [0.25, 0.3) is 0 Å². The largest absolute Gasteiger partial charge is 0.338 e. The minimum Gasteiger partial charge on any atom is -0.338 e. The van der Waals surface area contributed by atoms with Gasteiger partial charge >= 0.3 is 0 Å². The van der Waals surface area contributed by atoms with Crippen LogP contribution < -0.4 is 16.5 Å². The Labute approximate surface area is 208 Å². The molecule has 5 heteroatoms. The summed E-state index contributed by atoms with van der Waals surface area (Å²) in [6, 6.07) is 25.3. The lowest BCUT2D eigenvalue weighted by molar-refractivity contribution is -0.128. The molecule has 0 unspecified atom stereocenters. The highest BCUT2D eigenvalue weighted by atomic mass is 16.2. The van der Waals surface area contributed by atoms with Crippen molar-refractivity contribution < 1.29 is 4.79 Å². The van der Waals surface area contributed by atoms with Crippen LogP contribution in [0.4, 0.5) is 5.69 Å². The fourth-order valence-electron chi connectivity index (χ4n) is 5.61. The molecule has 1 atom stereocenters. The highest BCUT2D eigenvalue weighted by molar-refractivity contribution is 5.80. The average molecular weight is 469 g/mol. The van der Waals surface area contributed by atoms with Crippen molar-refractivity contribution in [1.29, 1.82) is 0 Å². The van der Waals surface area contributed by atoms with Crippen molar-refractivity contribution in [2.24, 2.45) is 17.6 Å². The molecule has 1 saturated carbocycles. The van der Waals surface area contributed by atoms with E-state index < -0.39 is 0 Å². The number of hydrogen-bond donors (Lipinski definition) is 3. The lowest BCUT2D eigenvalue weighted by Crippen LogP contribution is -2.51. The highest BCUT2D eigenvalue weighted by Crippen LogP contribution is 2.38. The third kappa shape index (κ3) is 5.26. The van der Waals surface area contributed by atoms with E-state index in [1.807, 2.05) is 6.07 Å². The van der Waals surface area contributed by atoms with Crippen LogP contribution in [0.5, 0.6) is 0 Å². The van der Waals surface area contributed by atoms with Gasteiger partial charge in [-0.05, 0) is 73.4 Å². The molecular weight excluding hydrogens is 432 g/mol. The Bertz CT molecular complexity index is 1140. The zero-order valence-electron chi connectivity index (χ0n) is 20.5. The van der Waals surface area contributed by atoms with Crippen molar-refractivity contribution in [3.63, 3.8) is 0 Å². The van der Waals surface area contributed by atoms with Gasteiger partial charge in [0.1, 0.15) is 6.17 Å². The Balaban J connectivity index is 1.38. The van der Waals surface area contributed by atoms with E-state index in [0.29, 0.717) is 5.92 Å². The number of amides is 1. The van der Waals surface area contributed by atoms with E-state index in [0.717, 1.165) is 50.9 Å². The third-order valence-corrected chi connectivity index (χ3v) is 7.68. The summed E-state index contributed by atoms with van der Waals surface area (Å²) in [6.07, 6.45) is 4.54. The molecule has 1 amide bonds. The first kappa shape index (κ1) is 23.6. The summed E-state index contributed by atoms with van der Waals surface area (Å²) in [5.74, 6) is 0.801. The van der Waals surface area contributed by atoms with Crippen molar-refractivity contribution in [2.75, 3.05) is 12.0 Å². The molecule has 35 heavy (non-hydrogen) atoms. The Morgan fingerprint density at radius 1 is 1.00 bits per heavy atom. The van der Waals surface area contributed by atoms with E-state index in [1.54, 1.807) is 0 Å². The van der Waals surface area contributed by atoms with Gasteiger partial charge in [-0.25, -0.2) is 0 Å². The predicted octanol–water partition coefficient (Wildman–Crippen LogP) is 5.25. The smallest absolute Gasteiger partial charge is 0.224 e. The van der Waals surface area contributed by atoms with Crippen molar-refractivity contribution >= 4 is 11.6 Å². The minimum atomic E-state index is -0.145. The van der Waals surface area contributed by atoms with Crippen LogP contribution in [-0.2, 0) is 17.8 Å². The molecule has 5 nitrogen and oxygen atoms in total. The van der Waals surface area contributed by atoms with Gasteiger partial charge in [0, 0.05) is 24.4 Å². The van der Waals surface area contributed by atoms with Gasteiger partial charge in [-0.3, -0.25) is 4.79 Å². The zero-order valence-corrected chi connectivity index (χ0v) is 20.5. The van der Waals surface area contributed by atoms with E-state index in [9.17, 15) is 4.79 Å². The molecule has 0 aromatic heterocycles. The number of benzene rings is 3. The molecule has 0 saturated heterocycles. The van der Waals surface area contributed by atoms with Crippen molar-refractivity contribution in [3.8, 4) is 11.1 Å². The second-order valence-electron chi connectivity index (χ2n) is 10.1. The first-order valence-corrected chi connectivity index (χ1v) is 12.9. The lowest BCUT2D eigenvalue weighted by Gasteiger charge is -2.32. The van der Waals surface area contributed by atoms with Crippen molar-refractivity contribution in [3.05, 3.63) is 89.5 Å². The summed E-state index contributed by atoms with van der Waals surface area (Å²) in [5, 5.41) is 5.61. The van der Waals surface area contributed by atoms with Crippen LogP contribution in [-0.4, -0.2) is 23.6 Å². The summed E-state index contributed by atoms with van der Waals surface area (Å²) >= 11 is 0. The van der Waals surface area contributed by atoms with Gasteiger partial charge in [-0.15, -0.1) is 0 Å². The fourth-order valence-corrected chi connectivity index (χ4v) is 5.61. The molecule has 3 aromatic rings. The zero-order chi connectivity index (χ0) is 24.2. The van der Waals surface area contributed by atoms with Crippen LogP contribution >= 0.6 is 0 Å². The van der Waals surface area contributed by atoms with Gasteiger partial charge in [-0.2, -0.15) is 5.01 Å². The van der Waals surface area contributed by atoms with Gasteiger partial charge in [0.05, 0.1) is 5.69 Å². The first-order valence-electron chi connectivity index (χ1n) is 12.9. The van der Waals surface area contributed by atoms with Crippen LogP contribution in [0.25, 0.3) is 11.1 Å². The Kier molecular flexibility index (Phi) is 7.16. The Hall–Kier alpha value is -3.15. The molecule has 0 spiro atoms. The van der Waals surface area contributed by atoms with Crippen LogP contribution in [0.15, 0.2) is 72.8 Å². The van der Waals surface area contributed by atoms with Gasteiger partial charge in [0.15, 0.2) is 0 Å². The first-order chi connectivity index (χ1) is 17.1. The third-order valence-electron chi connectivity index (χ3n) is 7.68. The van der Waals surface area contributed by atoms with Crippen LogP contribution in [0.2, 0.25) is 0 Å². The molecule has 2 aliphatic rings. The Morgan fingerprint density at radius 3 is 2.37 bits per heavy atom. The summed E-state index contributed by atoms with van der Waals surface area (Å²) in [4.78, 5) is 13.4. The van der Waals surface area contributed by atoms with Crippen LogP contribution in [0.3, 0.4) is 0 Å². The van der Waals surface area contributed by atoms with Gasteiger partial charge in [-0.1, -0.05) is 66.7 Å². The van der Waals surface area contributed by atoms with E-state index in [4.69, 9.17) is 5.73 Å². The van der Waals surface area contributed by atoms with Gasteiger partial charge < -0.3 is 16.5 Å². The number of anilines is 1. The van der Waals surface area contributed by atoms with Crippen molar-refractivity contribution in [2.45, 2.75) is 51.7 Å². The molecule has 4 N–H and O–H groups in total. The Morgan fingerprint density at radius 2 is 1.69 bits per heavy atom. The van der Waals surface area contributed by atoms with Crippen LogP contribution in [0.1, 0.15) is 42.4 Å². The predicted molar refractivity (Wildman–Crippen MR) is 142 cm³/mol. The maximum Gasteiger partial charge on any atom is 0.224 e. The molecule has 182 valence electrons. The summed E-state index contributed by atoms with van der Waals surface area (Å²) in [6.45, 7) is 3.63. The number of aryl methyl sites for hydroxylation is 1. The molecule has 1 fully saturated rings. The average Bonchev–Trinajstić information content (AvgIpc) is 3.33. The van der Waals surface area contributed by atoms with Gasteiger partial charge in [0.2, 0.25) is 5.91 Å². The number of carbonyl (C=O) groups is 1. The van der Waals surface area contributed by atoms with E-state index >= 15 is 0 Å². The molecule has 0 bridgehead atoms. The fraction of sp³-hybridized carbons (Fsp3) is 0.367. The summed E-state index contributed by atoms with van der Waals surface area (Å²) < 4.78 is 0. The van der Waals surface area contributed by atoms with E-state index in [2.05, 4.69) is 89.4 Å². The normalized spacial score (nSPS) is 20.6. The molecule has 1 aliphatic heterocycles. The SMILES string of the molecule is Cc1ccc2c(c1-c1ccccc1)CN([C@@H](Cc1ccccc1)NC(=O)C1CCC(CN)CC1)N2. The number of nitrogens with zero attached hydrogens (tertiary/aromatic N) is 1. The number of nitrogens with two attached hydrogens (primary N) is 1. The maximum atomic E-state index is 13.4. The molecule has 3 aromatic carbocycles. The number of rotatable bonds is 7. The minimum absolute atomic E-state index is 0.0724. The summed E-state index contributed by atoms with van der Waals surface area (Å²) in [5.41, 5.74) is 16.9. The maximum absolute atomic E-state index is 13.4. The quantitative estimate of drug-likeness (QED) is 0.443. The number of nitrogens with one attached hydrogen (secondary N) is 2. The molecular formula is C30H36N4O. The number of carbonyl (C=O) groups excluding carboxylic acids is 1. The second-order valence-corrected chi connectivity index (χ2v) is 10.1. The number of fused-ring (bicyclic) bond motifs is 1. The molecule has 0 radical (unpaired) electrons. The second kappa shape index (κ2) is 10.6. The van der Waals surface area contributed by atoms with Crippen molar-refractivity contribution in [1.82, 2.24) is 10.3 Å². The summed E-state index contributed by atoms with van der Waals surface area (Å²) in [7, 11) is 0. The number of hydrogen-bond acceptors (Lipinski definition) is 4. The van der Waals surface area contributed by atoms with Crippen LogP contribution in [0, 0.1) is 18.8 Å². The molecule has 1 aliphatic carbocycles. The van der Waals surface area contributed by atoms with E-state index in [1.165, 1.54) is 27.8 Å². The number of hydrazine groups is 1. The standard InChI is InChI=1S/C30H36N4O/c1-21-12-17-27-26(29(21)24-10-6-3-7-11-24)20-34(33-27)28(18-22-8-4-2-5-9-22)32-30(35)25-15-13-23(19-31)14-16-25/h2-12,17,23,25,28,33H,13-16,18-20,31H2,1H3,(H,32,35)/t23?,25?,28-/m0/s1. The topological polar surface area (TPSA) is 70.4 Å².